The minimum absolute atomic E-state index is 0.0287. The van der Waals surface area contributed by atoms with Crippen LogP contribution in [0.4, 0.5) is 0 Å². The van der Waals surface area contributed by atoms with E-state index in [1.54, 1.807) is 11.3 Å². The Kier molecular flexibility index (Phi) is 4.63. The van der Waals surface area contributed by atoms with E-state index in [0.717, 1.165) is 23.5 Å². The number of thiophene rings is 1. The first kappa shape index (κ1) is 15.6. The highest BCUT2D eigenvalue weighted by atomic mass is 32.1. The van der Waals surface area contributed by atoms with Gasteiger partial charge in [0.25, 0.3) is 0 Å². The van der Waals surface area contributed by atoms with Crippen molar-refractivity contribution in [2.24, 2.45) is 0 Å². The summed E-state index contributed by atoms with van der Waals surface area (Å²) in [6.45, 7) is 2.13. The molecule has 0 radical (unpaired) electrons. The van der Waals surface area contributed by atoms with Gasteiger partial charge in [-0.05, 0) is 60.5 Å². The van der Waals surface area contributed by atoms with Gasteiger partial charge in [-0.1, -0.05) is 25.1 Å². The molecule has 0 saturated carbocycles. The number of carbonyl (C=O) groups is 1. The van der Waals surface area contributed by atoms with E-state index in [1.807, 2.05) is 17.5 Å². The van der Waals surface area contributed by atoms with Gasteiger partial charge in [0, 0.05) is 17.4 Å². The number of rotatable bonds is 6. The molecule has 0 saturated heterocycles. The summed E-state index contributed by atoms with van der Waals surface area (Å²) >= 11 is 1.68. The topological polar surface area (TPSA) is 45.1 Å². The Morgan fingerprint density at radius 2 is 1.91 bits per heavy atom. The van der Waals surface area contributed by atoms with Gasteiger partial charge in [0.1, 0.15) is 0 Å². The molecule has 0 aliphatic heterocycles. The fraction of sp³-hybridized carbons (Fsp3) is 0.211. The van der Waals surface area contributed by atoms with Gasteiger partial charge in [-0.15, -0.1) is 11.3 Å². The average molecular weight is 324 g/mol. The molecule has 0 fully saturated rings. The van der Waals surface area contributed by atoms with Crippen molar-refractivity contribution >= 4 is 17.3 Å². The first-order valence-electron chi connectivity index (χ1n) is 7.72. The summed E-state index contributed by atoms with van der Waals surface area (Å²) in [6.07, 6.45) is 1.49. The third-order valence-electron chi connectivity index (χ3n) is 3.92. The molecular formula is C19H18NO2S-. The first-order valence-corrected chi connectivity index (χ1v) is 8.60. The molecule has 3 rings (SSSR count). The van der Waals surface area contributed by atoms with Gasteiger partial charge in [-0.2, -0.15) is 0 Å². The van der Waals surface area contributed by atoms with Crippen LogP contribution in [0.2, 0.25) is 0 Å². The lowest BCUT2D eigenvalue weighted by atomic mass is 10.1. The molecule has 2 aromatic heterocycles. The predicted molar refractivity (Wildman–Crippen MR) is 91.8 cm³/mol. The fourth-order valence-corrected chi connectivity index (χ4v) is 3.45. The summed E-state index contributed by atoms with van der Waals surface area (Å²) in [5.74, 6) is -1.02. The lowest BCUT2D eigenvalue weighted by molar-refractivity contribution is -0.305. The predicted octanol–water partition coefficient (Wildman–Crippen LogP) is 3.45. The average Bonchev–Trinajstić information content (AvgIpc) is 3.22. The van der Waals surface area contributed by atoms with Crippen LogP contribution in [-0.2, 0) is 17.6 Å². The molecule has 3 aromatic rings. The monoisotopic (exact) mass is 324 g/mol. The standard InChI is InChI=1S/C19H19NO2S/c1-2-14-5-7-15(8-6-14)20-16(10-12-19(21)22)9-11-17(20)18-4-3-13-23-18/h3-9,11,13H,2,10,12H2,1H3,(H,21,22)/p-1. The highest BCUT2D eigenvalue weighted by Gasteiger charge is 2.12. The maximum Gasteiger partial charge on any atom is 0.0631 e. The molecule has 0 N–H and O–H groups in total. The second-order valence-corrected chi connectivity index (χ2v) is 6.36. The van der Waals surface area contributed by atoms with Crippen LogP contribution in [0.1, 0.15) is 24.6 Å². The number of hydrogen-bond acceptors (Lipinski definition) is 3. The third kappa shape index (κ3) is 3.37. The smallest absolute Gasteiger partial charge is 0.0631 e. The van der Waals surface area contributed by atoms with Gasteiger partial charge in [-0.25, -0.2) is 0 Å². The van der Waals surface area contributed by atoms with Crippen LogP contribution in [0.3, 0.4) is 0 Å². The minimum Gasteiger partial charge on any atom is -0.550 e. The van der Waals surface area contributed by atoms with E-state index in [2.05, 4.69) is 47.9 Å². The number of carbonyl (C=O) groups excluding carboxylic acids is 1. The Morgan fingerprint density at radius 3 is 2.52 bits per heavy atom. The molecule has 1 aromatic carbocycles. The third-order valence-corrected chi connectivity index (χ3v) is 4.82. The number of aromatic nitrogens is 1. The van der Waals surface area contributed by atoms with E-state index in [1.165, 1.54) is 10.4 Å². The number of aryl methyl sites for hydroxylation is 2. The molecule has 4 heteroatoms. The highest BCUT2D eigenvalue weighted by Crippen LogP contribution is 2.30. The number of aliphatic carboxylic acids is 1. The number of carboxylic acids is 1. The molecule has 0 aliphatic carbocycles. The Hall–Kier alpha value is -2.33. The number of carboxylic acid groups (broad SMARTS) is 1. The van der Waals surface area contributed by atoms with Crippen molar-refractivity contribution in [2.45, 2.75) is 26.2 Å². The number of nitrogens with zero attached hydrogens (tertiary/aromatic N) is 1. The van der Waals surface area contributed by atoms with Gasteiger partial charge in [0.05, 0.1) is 10.6 Å². The summed E-state index contributed by atoms with van der Waals surface area (Å²) in [5, 5.41) is 12.9. The molecule has 23 heavy (non-hydrogen) atoms. The largest absolute Gasteiger partial charge is 0.550 e. The summed E-state index contributed by atoms with van der Waals surface area (Å²) in [4.78, 5) is 12.0. The zero-order valence-electron chi connectivity index (χ0n) is 13.0. The lowest BCUT2D eigenvalue weighted by Gasteiger charge is -2.14. The van der Waals surface area contributed by atoms with Crippen LogP contribution in [0.5, 0.6) is 0 Å². The van der Waals surface area contributed by atoms with Crippen LogP contribution in [0.25, 0.3) is 16.3 Å². The summed E-state index contributed by atoms with van der Waals surface area (Å²) in [5.41, 5.74) is 4.43. The van der Waals surface area contributed by atoms with Crippen molar-refractivity contribution in [1.82, 2.24) is 4.57 Å². The minimum atomic E-state index is -1.02. The highest BCUT2D eigenvalue weighted by molar-refractivity contribution is 7.13. The van der Waals surface area contributed by atoms with E-state index >= 15 is 0 Å². The van der Waals surface area contributed by atoms with Crippen LogP contribution in [0, 0.1) is 0 Å². The zero-order chi connectivity index (χ0) is 16.2. The summed E-state index contributed by atoms with van der Waals surface area (Å²) in [7, 11) is 0. The molecule has 0 unspecified atom stereocenters. The van der Waals surface area contributed by atoms with Crippen LogP contribution < -0.4 is 5.11 Å². The van der Waals surface area contributed by atoms with Gasteiger partial charge in [0.15, 0.2) is 0 Å². The molecule has 0 spiro atoms. The molecule has 3 nitrogen and oxygen atoms in total. The van der Waals surface area contributed by atoms with Crippen LogP contribution in [-0.4, -0.2) is 10.5 Å². The zero-order valence-corrected chi connectivity index (χ0v) is 13.8. The molecule has 2 heterocycles. The molecule has 0 bridgehead atoms. The van der Waals surface area contributed by atoms with Crippen LogP contribution in [0.15, 0.2) is 53.9 Å². The number of benzene rings is 1. The van der Waals surface area contributed by atoms with Crippen molar-refractivity contribution in [1.29, 1.82) is 0 Å². The van der Waals surface area contributed by atoms with Gasteiger partial charge >= 0.3 is 0 Å². The normalized spacial score (nSPS) is 10.8. The van der Waals surface area contributed by atoms with Crippen molar-refractivity contribution in [3.63, 3.8) is 0 Å². The van der Waals surface area contributed by atoms with Crippen molar-refractivity contribution in [3.8, 4) is 16.3 Å². The first-order chi connectivity index (χ1) is 11.2. The Balaban J connectivity index is 2.06. The van der Waals surface area contributed by atoms with Crippen molar-refractivity contribution < 1.29 is 9.90 Å². The summed E-state index contributed by atoms with van der Waals surface area (Å²) in [6, 6.07) is 16.6. The number of hydrogen-bond donors (Lipinski definition) is 0. The molecular weight excluding hydrogens is 306 g/mol. The summed E-state index contributed by atoms with van der Waals surface area (Å²) < 4.78 is 2.15. The lowest BCUT2D eigenvalue weighted by Crippen LogP contribution is -2.22. The molecule has 118 valence electrons. The molecule has 0 aliphatic rings. The Labute approximate surface area is 139 Å². The maximum atomic E-state index is 10.8. The Morgan fingerprint density at radius 1 is 1.13 bits per heavy atom. The van der Waals surface area contributed by atoms with Crippen molar-refractivity contribution in [2.75, 3.05) is 0 Å². The SMILES string of the molecule is CCc1ccc(-n2c(CCC(=O)[O-])ccc2-c2cccs2)cc1. The second kappa shape index (κ2) is 6.84. The van der Waals surface area contributed by atoms with E-state index in [0.29, 0.717) is 6.42 Å². The second-order valence-electron chi connectivity index (χ2n) is 5.41. The quantitative estimate of drug-likeness (QED) is 0.697. The Bertz CT molecular complexity index is 785. The van der Waals surface area contributed by atoms with E-state index in [-0.39, 0.29) is 6.42 Å². The fourth-order valence-electron chi connectivity index (χ4n) is 2.71. The van der Waals surface area contributed by atoms with Crippen LogP contribution >= 0.6 is 11.3 Å². The van der Waals surface area contributed by atoms with Gasteiger partial charge < -0.3 is 14.5 Å². The van der Waals surface area contributed by atoms with E-state index < -0.39 is 5.97 Å². The maximum absolute atomic E-state index is 10.8. The molecule has 0 amide bonds. The van der Waals surface area contributed by atoms with Gasteiger partial charge in [-0.3, -0.25) is 0 Å². The molecule has 0 atom stereocenters. The van der Waals surface area contributed by atoms with Gasteiger partial charge in [0.2, 0.25) is 0 Å². The van der Waals surface area contributed by atoms with E-state index in [4.69, 9.17) is 0 Å². The van der Waals surface area contributed by atoms with Crippen molar-refractivity contribution in [3.05, 3.63) is 65.2 Å². The van der Waals surface area contributed by atoms with E-state index in [9.17, 15) is 9.90 Å².